The fraction of sp³-hybridized carbons (Fsp3) is 0.0556. The van der Waals surface area contributed by atoms with Crippen molar-refractivity contribution in [2.24, 2.45) is 0 Å². The van der Waals surface area contributed by atoms with Gasteiger partial charge in [0, 0.05) is 10.6 Å². The van der Waals surface area contributed by atoms with E-state index in [4.69, 9.17) is 4.74 Å². The van der Waals surface area contributed by atoms with Gasteiger partial charge in [-0.1, -0.05) is 12.1 Å². The van der Waals surface area contributed by atoms with Gasteiger partial charge in [0.25, 0.3) is 5.91 Å². The SMILES string of the molecule is COc1ccc(NC(=O)c2ccc(-c3ccc(F)cc3)s2)cc1. The van der Waals surface area contributed by atoms with Gasteiger partial charge < -0.3 is 10.1 Å². The van der Waals surface area contributed by atoms with E-state index < -0.39 is 0 Å². The summed E-state index contributed by atoms with van der Waals surface area (Å²) in [5.74, 6) is 0.286. The van der Waals surface area contributed by atoms with Crippen molar-refractivity contribution in [2.45, 2.75) is 0 Å². The van der Waals surface area contributed by atoms with Crippen LogP contribution in [0.25, 0.3) is 10.4 Å². The molecule has 0 bridgehead atoms. The van der Waals surface area contributed by atoms with Crippen LogP contribution in [-0.4, -0.2) is 13.0 Å². The number of thiophene rings is 1. The van der Waals surface area contributed by atoms with Gasteiger partial charge in [-0.3, -0.25) is 4.79 Å². The Morgan fingerprint density at radius 2 is 1.70 bits per heavy atom. The van der Waals surface area contributed by atoms with Crippen molar-refractivity contribution in [1.82, 2.24) is 0 Å². The molecule has 0 aliphatic heterocycles. The monoisotopic (exact) mass is 327 g/mol. The van der Waals surface area contributed by atoms with Crippen molar-refractivity contribution >= 4 is 22.9 Å². The third kappa shape index (κ3) is 3.57. The van der Waals surface area contributed by atoms with Crippen LogP contribution in [0.15, 0.2) is 60.7 Å². The zero-order valence-electron chi connectivity index (χ0n) is 12.4. The highest BCUT2D eigenvalue weighted by atomic mass is 32.1. The predicted octanol–water partition coefficient (Wildman–Crippen LogP) is 4.82. The van der Waals surface area contributed by atoms with E-state index in [1.807, 2.05) is 6.07 Å². The molecule has 1 amide bonds. The molecule has 0 atom stereocenters. The molecule has 0 saturated heterocycles. The number of nitrogens with one attached hydrogen (secondary N) is 1. The Labute approximate surface area is 137 Å². The summed E-state index contributed by atoms with van der Waals surface area (Å²) < 4.78 is 18.0. The van der Waals surface area contributed by atoms with E-state index in [0.29, 0.717) is 10.6 Å². The lowest BCUT2D eigenvalue weighted by Crippen LogP contribution is -2.09. The molecule has 116 valence electrons. The van der Waals surface area contributed by atoms with Crippen molar-refractivity contribution < 1.29 is 13.9 Å². The van der Waals surface area contributed by atoms with E-state index >= 15 is 0 Å². The van der Waals surface area contributed by atoms with Crippen LogP contribution in [0.3, 0.4) is 0 Å². The number of anilines is 1. The van der Waals surface area contributed by atoms with Crippen molar-refractivity contribution in [3.8, 4) is 16.2 Å². The van der Waals surface area contributed by atoms with Gasteiger partial charge in [-0.05, 0) is 54.1 Å². The quantitative estimate of drug-likeness (QED) is 0.746. The lowest BCUT2D eigenvalue weighted by molar-refractivity contribution is 0.103. The molecule has 1 N–H and O–H groups in total. The summed E-state index contributed by atoms with van der Waals surface area (Å²) in [7, 11) is 1.59. The van der Waals surface area contributed by atoms with Crippen LogP contribution in [0.2, 0.25) is 0 Å². The minimum Gasteiger partial charge on any atom is -0.497 e. The zero-order valence-corrected chi connectivity index (χ0v) is 13.2. The molecule has 0 aliphatic carbocycles. The Kier molecular flexibility index (Phi) is 4.39. The first-order chi connectivity index (χ1) is 11.2. The molecule has 0 saturated carbocycles. The largest absolute Gasteiger partial charge is 0.497 e. The fourth-order valence-electron chi connectivity index (χ4n) is 2.10. The second-order valence-corrected chi connectivity index (χ2v) is 5.94. The Morgan fingerprint density at radius 3 is 2.35 bits per heavy atom. The standard InChI is InChI=1S/C18H14FNO2S/c1-22-15-8-6-14(7-9-15)20-18(21)17-11-10-16(23-17)12-2-4-13(19)5-3-12/h2-11H,1H3,(H,20,21). The van der Waals surface area contributed by atoms with E-state index in [9.17, 15) is 9.18 Å². The van der Waals surface area contributed by atoms with E-state index in [-0.39, 0.29) is 11.7 Å². The minimum absolute atomic E-state index is 0.173. The maximum absolute atomic E-state index is 13.0. The summed E-state index contributed by atoms with van der Waals surface area (Å²) in [6.07, 6.45) is 0. The number of halogens is 1. The number of carbonyl (C=O) groups is 1. The van der Waals surface area contributed by atoms with Gasteiger partial charge in [0.05, 0.1) is 12.0 Å². The topological polar surface area (TPSA) is 38.3 Å². The highest BCUT2D eigenvalue weighted by molar-refractivity contribution is 7.17. The van der Waals surface area contributed by atoms with Crippen molar-refractivity contribution in [3.63, 3.8) is 0 Å². The maximum atomic E-state index is 13.0. The first-order valence-corrected chi connectivity index (χ1v) is 7.78. The summed E-state index contributed by atoms with van der Waals surface area (Å²) in [5, 5.41) is 2.84. The smallest absolute Gasteiger partial charge is 0.265 e. The molecule has 2 aromatic carbocycles. The van der Waals surface area contributed by atoms with Crippen LogP contribution in [0.5, 0.6) is 5.75 Å². The third-order valence-corrected chi connectivity index (χ3v) is 4.44. The van der Waals surface area contributed by atoms with Gasteiger partial charge in [0.2, 0.25) is 0 Å². The highest BCUT2D eigenvalue weighted by Crippen LogP contribution is 2.28. The van der Waals surface area contributed by atoms with Crippen LogP contribution >= 0.6 is 11.3 Å². The molecular formula is C18H14FNO2S. The van der Waals surface area contributed by atoms with Gasteiger partial charge >= 0.3 is 0 Å². The number of methoxy groups -OCH3 is 1. The van der Waals surface area contributed by atoms with Crippen molar-refractivity contribution in [1.29, 1.82) is 0 Å². The number of hydrogen-bond acceptors (Lipinski definition) is 3. The lowest BCUT2D eigenvalue weighted by Gasteiger charge is -2.04. The number of carbonyl (C=O) groups excluding carboxylic acids is 1. The fourth-order valence-corrected chi connectivity index (χ4v) is 3.00. The van der Waals surface area contributed by atoms with Gasteiger partial charge in [-0.25, -0.2) is 4.39 Å². The molecular weight excluding hydrogens is 313 g/mol. The number of hydrogen-bond donors (Lipinski definition) is 1. The van der Waals surface area contributed by atoms with E-state index in [1.54, 1.807) is 49.6 Å². The summed E-state index contributed by atoms with van der Waals surface area (Å²) in [6.45, 7) is 0. The van der Waals surface area contributed by atoms with Crippen LogP contribution in [-0.2, 0) is 0 Å². The Balaban J connectivity index is 1.74. The first-order valence-electron chi connectivity index (χ1n) is 6.97. The molecule has 1 heterocycles. The molecule has 0 unspecified atom stereocenters. The van der Waals surface area contributed by atoms with Crippen LogP contribution in [0.1, 0.15) is 9.67 Å². The van der Waals surface area contributed by atoms with Crippen LogP contribution < -0.4 is 10.1 Å². The molecule has 0 aliphatic rings. The summed E-state index contributed by atoms with van der Waals surface area (Å²) in [4.78, 5) is 13.8. The molecule has 3 aromatic rings. The molecule has 23 heavy (non-hydrogen) atoms. The summed E-state index contributed by atoms with van der Waals surface area (Å²) in [6, 6.07) is 17.0. The average molecular weight is 327 g/mol. The van der Waals surface area contributed by atoms with E-state index in [0.717, 1.165) is 16.2 Å². The Bertz CT molecular complexity index is 810. The van der Waals surface area contributed by atoms with Crippen LogP contribution in [0, 0.1) is 5.82 Å². The van der Waals surface area contributed by atoms with Crippen molar-refractivity contribution in [2.75, 3.05) is 12.4 Å². The second-order valence-electron chi connectivity index (χ2n) is 4.85. The van der Waals surface area contributed by atoms with Gasteiger partial charge in [0.15, 0.2) is 0 Å². The third-order valence-electron chi connectivity index (χ3n) is 3.31. The number of ether oxygens (including phenoxy) is 1. The average Bonchev–Trinajstić information content (AvgIpc) is 3.06. The van der Waals surface area contributed by atoms with Crippen molar-refractivity contribution in [3.05, 3.63) is 71.4 Å². The number of benzene rings is 2. The van der Waals surface area contributed by atoms with Gasteiger partial charge in [0.1, 0.15) is 11.6 Å². The molecule has 3 rings (SSSR count). The van der Waals surface area contributed by atoms with Crippen LogP contribution in [0.4, 0.5) is 10.1 Å². The highest BCUT2D eigenvalue weighted by Gasteiger charge is 2.11. The Hall–Kier alpha value is -2.66. The molecule has 0 radical (unpaired) electrons. The van der Waals surface area contributed by atoms with Gasteiger partial charge in [-0.15, -0.1) is 11.3 Å². The number of rotatable bonds is 4. The van der Waals surface area contributed by atoms with E-state index in [2.05, 4.69) is 5.32 Å². The van der Waals surface area contributed by atoms with Gasteiger partial charge in [-0.2, -0.15) is 0 Å². The normalized spacial score (nSPS) is 10.3. The lowest BCUT2D eigenvalue weighted by atomic mass is 10.2. The summed E-state index contributed by atoms with van der Waals surface area (Å²) in [5.41, 5.74) is 1.59. The first kappa shape index (κ1) is 15.2. The zero-order chi connectivity index (χ0) is 16.2. The minimum atomic E-state index is -0.275. The molecule has 0 fully saturated rings. The molecule has 5 heteroatoms. The second kappa shape index (κ2) is 6.62. The number of amides is 1. The summed E-state index contributed by atoms with van der Waals surface area (Å²) >= 11 is 1.37. The molecule has 1 aromatic heterocycles. The predicted molar refractivity (Wildman–Crippen MR) is 90.7 cm³/mol. The Morgan fingerprint density at radius 1 is 1.00 bits per heavy atom. The molecule has 0 spiro atoms. The maximum Gasteiger partial charge on any atom is 0.265 e. The van der Waals surface area contributed by atoms with E-state index in [1.165, 1.54) is 23.5 Å². The molecule has 3 nitrogen and oxygen atoms in total.